The molecule has 0 aliphatic heterocycles. The van der Waals surface area contributed by atoms with Crippen LogP contribution in [-0.2, 0) is 11.3 Å². The third kappa shape index (κ3) is 5.02. The molecule has 1 amide bonds. The largest absolute Gasteiger partial charge is 0.411 e. The number of aromatic nitrogens is 2. The first-order valence-electron chi connectivity index (χ1n) is 7.53. The normalized spacial score (nSPS) is 11.5. The number of carbonyl (C=O) groups is 1. The molecule has 0 fully saturated rings. The number of amides is 1. The quantitative estimate of drug-likeness (QED) is 0.435. The third-order valence-electron chi connectivity index (χ3n) is 3.35. The number of hydrogen-bond acceptors (Lipinski definition) is 4. The van der Waals surface area contributed by atoms with E-state index in [9.17, 15) is 22.8 Å². The summed E-state index contributed by atoms with van der Waals surface area (Å²) in [6.07, 6.45) is -2.86. The van der Waals surface area contributed by atoms with E-state index in [0.717, 1.165) is 0 Å². The van der Waals surface area contributed by atoms with Crippen molar-refractivity contribution in [3.63, 3.8) is 0 Å². The lowest BCUT2D eigenvalue weighted by Crippen LogP contribution is -2.29. The Balaban J connectivity index is 2.10. The van der Waals surface area contributed by atoms with Crippen molar-refractivity contribution in [1.82, 2.24) is 14.9 Å². The van der Waals surface area contributed by atoms with Crippen LogP contribution >= 0.6 is 12.2 Å². The second kappa shape index (κ2) is 8.28. The maximum atomic E-state index is 12.4. The number of halogens is 3. The van der Waals surface area contributed by atoms with Crippen LogP contribution in [0.25, 0.3) is 10.9 Å². The summed E-state index contributed by atoms with van der Waals surface area (Å²) in [5.74, 6) is -0.503. The van der Waals surface area contributed by atoms with Crippen LogP contribution < -0.4 is 10.9 Å². The minimum atomic E-state index is -4.40. The highest BCUT2D eigenvalue weighted by molar-refractivity contribution is 7.71. The molecule has 0 unspecified atom stereocenters. The Morgan fingerprint density at radius 1 is 1.42 bits per heavy atom. The van der Waals surface area contributed by atoms with Crippen LogP contribution in [0.4, 0.5) is 13.2 Å². The Morgan fingerprint density at radius 2 is 2.15 bits per heavy atom. The number of aromatic amines is 1. The summed E-state index contributed by atoms with van der Waals surface area (Å²) in [6, 6.07) is 4.39. The van der Waals surface area contributed by atoms with Gasteiger partial charge in [0.1, 0.15) is 6.61 Å². The number of rotatable bonds is 7. The van der Waals surface area contributed by atoms with Crippen molar-refractivity contribution in [2.24, 2.45) is 0 Å². The van der Waals surface area contributed by atoms with Crippen molar-refractivity contribution in [3.05, 3.63) is 51.5 Å². The summed E-state index contributed by atoms with van der Waals surface area (Å²) >= 11 is 5.12. The fourth-order valence-electron chi connectivity index (χ4n) is 2.22. The molecule has 2 N–H and O–H groups in total. The summed E-state index contributed by atoms with van der Waals surface area (Å²) < 4.78 is 41.8. The molecule has 0 radical (unpaired) electrons. The molecule has 0 bridgehead atoms. The molecule has 1 heterocycles. The van der Waals surface area contributed by atoms with Gasteiger partial charge in [0.15, 0.2) is 4.77 Å². The van der Waals surface area contributed by atoms with Gasteiger partial charge in [0.25, 0.3) is 11.5 Å². The number of H-pyrrole nitrogens is 1. The number of carbonyl (C=O) groups excluding carboxylic acids is 1. The monoisotopic (exact) mass is 387 g/mol. The van der Waals surface area contributed by atoms with Crippen LogP contribution in [0, 0.1) is 4.77 Å². The van der Waals surface area contributed by atoms with Gasteiger partial charge in [-0.15, -0.1) is 6.58 Å². The lowest BCUT2D eigenvalue weighted by Gasteiger charge is -2.09. The molecular formula is C16H16F3N3O3S. The van der Waals surface area contributed by atoms with Gasteiger partial charge in [0.05, 0.1) is 17.5 Å². The van der Waals surface area contributed by atoms with Crippen LogP contribution in [0.5, 0.6) is 0 Å². The molecule has 0 spiro atoms. The van der Waals surface area contributed by atoms with E-state index in [1.54, 1.807) is 6.08 Å². The van der Waals surface area contributed by atoms with Crippen molar-refractivity contribution in [1.29, 1.82) is 0 Å². The van der Waals surface area contributed by atoms with Crippen molar-refractivity contribution in [2.45, 2.75) is 12.7 Å². The summed E-state index contributed by atoms with van der Waals surface area (Å²) in [5.41, 5.74) is 0.317. The number of benzene rings is 1. The third-order valence-corrected chi connectivity index (χ3v) is 3.68. The number of hydrogen-bond donors (Lipinski definition) is 2. The molecule has 0 atom stereocenters. The highest BCUT2D eigenvalue weighted by atomic mass is 32.1. The summed E-state index contributed by atoms with van der Waals surface area (Å²) in [4.78, 5) is 27.3. The Labute approximate surface area is 151 Å². The number of alkyl halides is 3. The standard InChI is InChI=1S/C16H16F3N3O3S/c1-2-6-22-14(24)11-4-3-10(8-12(11)21-15(22)26)13(23)20-5-7-25-9-16(17,18)19/h2-4,8H,1,5-7,9H2,(H,20,23)(H,21,26). The maximum absolute atomic E-state index is 12.4. The van der Waals surface area contributed by atoms with Crippen molar-refractivity contribution in [3.8, 4) is 0 Å². The maximum Gasteiger partial charge on any atom is 0.411 e. The number of ether oxygens (including phenoxy) is 1. The highest BCUT2D eigenvalue weighted by Crippen LogP contribution is 2.14. The number of nitrogens with one attached hydrogen (secondary N) is 2. The topological polar surface area (TPSA) is 76.1 Å². The van der Waals surface area contributed by atoms with Gasteiger partial charge in [0, 0.05) is 18.7 Å². The van der Waals surface area contributed by atoms with Crippen LogP contribution in [0.2, 0.25) is 0 Å². The molecule has 0 aliphatic rings. The molecule has 0 aliphatic carbocycles. The Hall–Kier alpha value is -2.46. The van der Waals surface area contributed by atoms with Crippen LogP contribution in [-0.4, -0.2) is 41.4 Å². The van der Waals surface area contributed by atoms with Gasteiger partial charge in [-0.05, 0) is 30.4 Å². The predicted molar refractivity (Wildman–Crippen MR) is 92.8 cm³/mol. The lowest BCUT2D eigenvalue weighted by molar-refractivity contribution is -0.173. The van der Waals surface area contributed by atoms with Crippen molar-refractivity contribution >= 4 is 29.0 Å². The summed E-state index contributed by atoms with van der Waals surface area (Å²) in [7, 11) is 0. The predicted octanol–water partition coefficient (Wildman–Crippen LogP) is 2.55. The highest BCUT2D eigenvalue weighted by Gasteiger charge is 2.27. The van der Waals surface area contributed by atoms with Crippen molar-refractivity contribution < 1.29 is 22.7 Å². The first kappa shape index (κ1) is 19.9. The average molecular weight is 387 g/mol. The zero-order valence-corrected chi connectivity index (χ0v) is 14.4. The van der Waals surface area contributed by atoms with Gasteiger partial charge < -0.3 is 15.0 Å². The SMILES string of the molecule is C=CCn1c(=S)[nH]c2cc(C(=O)NCCOCC(F)(F)F)ccc2c1=O. The fourth-order valence-corrected chi connectivity index (χ4v) is 2.48. The van der Waals surface area contributed by atoms with E-state index in [-0.39, 0.29) is 35.6 Å². The number of fused-ring (bicyclic) bond motifs is 1. The molecule has 0 saturated heterocycles. The molecule has 2 aromatic rings. The molecule has 1 aromatic carbocycles. The summed E-state index contributed by atoms with van der Waals surface area (Å²) in [5, 5.41) is 2.80. The van der Waals surface area contributed by atoms with Crippen molar-refractivity contribution in [2.75, 3.05) is 19.8 Å². The van der Waals surface area contributed by atoms with Gasteiger partial charge in [-0.1, -0.05) is 6.08 Å². The molecular weight excluding hydrogens is 371 g/mol. The Bertz CT molecular complexity index is 934. The smallest absolute Gasteiger partial charge is 0.370 e. The van der Waals surface area contributed by atoms with E-state index < -0.39 is 18.7 Å². The first-order chi connectivity index (χ1) is 12.2. The van der Waals surface area contributed by atoms with Crippen LogP contribution in [0.15, 0.2) is 35.6 Å². The van der Waals surface area contributed by atoms with E-state index >= 15 is 0 Å². The molecule has 2 rings (SSSR count). The lowest BCUT2D eigenvalue weighted by atomic mass is 10.1. The minimum absolute atomic E-state index is 0.0795. The molecule has 140 valence electrons. The molecule has 26 heavy (non-hydrogen) atoms. The molecule has 1 aromatic heterocycles. The Morgan fingerprint density at radius 3 is 2.81 bits per heavy atom. The summed E-state index contributed by atoms with van der Waals surface area (Å²) in [6.45, 7) is 2.10. The van der Waals surface area contributed by atoms with Gasteiger partial charge in [-0.2, -0.15) is 13.2 Å². The van der Waals surface area contributed by atoms with E-state index in [1.165, 1.54) is 22.8 Å². The first-order valence-corrected chi connectivity index (χ1v) is 7.94. The van der Waals surface area contributed by atoms with Crippen LogP contribution in [0.3, 0.4) is 0 Å². The minimum Gasteiger partial charge on any atom is -0.370 e. The average Bonchev–Trinajstić information content (AvgIpc) is 2.56. The van der Waals surface area contributed by atoms with E-state index in [2.05, 4.69) is 21.6 Å². The second-order valence-corrected chi connectivity index (χ2v) is 5.71. The fraction of sp³-hybridized carbons (Fsp3) is 0.312. The van der Waals surface area contributed by atoms with E-state index in [4.69, 9.17) is 12.2 Å². The Kier molecular flexibility index (Phi) is 6.32. The molecule has 0 saturated carbocycles. The zero-order chi connectivity index (χ0) is 19.3. The zero-order valence-electron chi connectivity index (χ0n) is 13.6. The number of allylic oxidation sites excluding steroid dienone is 1. The molecule has 10 heteroatoms. The van der Waals surface area contributed by atoms with Crippen LogP contribution in [0.1, 0.15) is 10.4 Å². The van der Waals surface area contributed by atoms with Gasteiger partial charge in [0.2, 0.25) is 0 Å². The second-order valence-electron chi connectivity index (χ2n) is 5.32. The van der Waals surface area contributed by atoms with Gasteiger partial charge in [-0.25, -0.2) is 0 Å². The molecule has 6 nitrogen and oxygen atoms in total. The van der Waals surface area contributed by atoms with E-state index in [0.29, 0.717) is 10.9 Å². The van der Waals surface area contributed by atoms with Gasteiger partial charge in [-0.3, -0.25) is 14.2 Å². The van der Waals surface area contributed by atoms with Gasteiger partial charge >= 0.3 is 6.18 Å². The van der Waals surface area contributed by atoms with E-state index in [1.807, 2.05) is 0 Å². The number of nitrogens with zero attached hydrogens (tertiary/aromatic N) is 1.